The summed E-state index contributed by atoms with van der Waals surface area (Å²) in [7, 11) is 0. The lowest BCUT2D eigenvalue weighted by Gasteiger charge is -2.03. The van der Waals surface area contributed by atoms with Crippen LogP contribution < -0.4 is 11.5 Å². The van der Waals surface area contributed by atoms with Crippen molar-refractivity contribution in [1.82, 2.24) is 0 Å². The van der Waals surface area contributed by atoms with Crippen LogP contribution in [0.3, 0.4) is 0 Å². The lowest BCUT2D eigenvalue weighted by Crippen LogP contribution is -2.23. The second-order valence-electron chi connectivity index (χ2n) is 1.22. The van der Waals surface area contributed by atoms with Gasteiger partial charge in [-0.15, -0.1) is 0 Å². The Balaban J connectivity index is 2.73. The molecule has 0 aliphatic carbocycles. The van der Waals surface area contributed by atoms with Crippen LogP contribution in [0.25, 0.3) is 0 Å². The van der Waals surface area contributed by atoms with Crippen molar-refractivity contribution < 1.29 is 9.88 Å². The first-order valence-corrected chi connectivity index (χ1v) is 1.92. The molecular formula is C3H5N3O2. The van der Waals surface area contributed by atoms with E-state index in [0.29, 0.717) is 0 Å². The second kappa shape index (κ2) is 1.61. The number of hydrogen-bond acceptors (Lipinski definition) is 5. The lowest BCUT2D eigenvalue weighted by molar-refractivity contribution is -0.253. The summed E-state index contributed by atoms with van der Waals surface area (Å²) in [6.45, 7) is 0. The zero-order chi connectivity index (χ0) is 5.98. The van der Waals surface area contributed by atoms with Gasteiger partial charge < -0.3 is 11.5 Å². The third-order valence-electron chi connectivity index (χ3n) is 0.649. The molecule has 0 bridgehead atoms. The third-order valence-corrected chi connectivity index (χ3v) is 0.649. The maximum Gasteiger partial charge on any atom is 0.194 e. The van der Waals surface area contributed by atoms with Gasteiger partial charge in [0.2, 0.25) is 0 Å². The molecule has 4 N–H and O–H groups in total. The van der Waals surface area contributed by atoms with Crippen molar-refractivity contribution in [2.24, 2.45) is 16.6 Å². The molecule has 8 heavy (non-hydrogen) atoms. The van der Waals surface area contributed by atoms with Gasteiger partial charge in [0.25, 0.3) is 0 Å². The van der Waals surface area contributed by atoms with Gasteiger partial charge in [-0.1, -0.05) is 0 Å². The summed E-state index contributed by atoms with van der Waals surface area (Å²) in [4.78, 5) is 8.26. The molecule has 1 aliphatic heterocycles. The average molecular weight is 115 g/mol. The first kappa shape index (κ1) is 4.76. The Morgan fingerprint density at radius 2 is 2.25 bits per heavy atom. The van der Waals surface area contributed by atoms with E-state index in [2.05, 4.69) is 15.0 Å². The zero-order valence-corrected chi connectivity index (χ0v) is 4.00. The van der Waals surface area contributed by atoms with E-state index in [-0.39, 0.29) is 11.5 Å². The molecule has 0 aromatic heterocycles. The fourth-order valence-corrected chi connectivity index (χ4v) is 0.248. The van der Waals surface area contributed by atoms with Crippen molar-refractivity contribution in [2.75, 3.05) is 0 Å². The highest BCUT2D eigenvalue weighted by atomic mass is 17.3. The molecule has 0 aromatic rings. The summed E-state index contributed by atoms with van der Waals surface area (Å²) < 4.78 is 0. The van der Waals surface area contributed by atoms with Crippen molar-refractivity contribution in [3.8, 4) is 0 Å². The molecule has 0 fully saturated rings. The molecule has 0 amide bonds. The Kier molecular flexibility index (Phi) is 0.957. The number of nitrogens with zero attached hydrogens (tertiary/aromatic N) is 1. The first-order chi connectivity index (χ1) is 3.80. The largest absolute Gasteiger partial charge is 0.393 e. The summed E-state index contributed by atoms with van der Waals surface area (Å²) in [6, 6.07) is 0. The molecule has 1 aliphatic rings. The maximum atomic E-state index is 5.18. The molecule has 44 valence electrons. The van der Waals surface area contributed by atoms with Gasteiger partial charge in [-0.25, -0.2) is 0 Å². The van der Waals surface area contributed by atoms with Crippen molar-refractivity contribution in [3.05, 3.63) is 12.0 Å². The van der Waals surface area contributed by atoms with E-state index in [1.807, 2.05) is 0 Å². The highest BCUT2D eigenvalue weighted by Crippen LogP contribution is 1.94. The molecule has 1 rings (SSSR count). The van der Waals surface area contributed by atoms with Gasteiger partial charge >= 0.3 is 0 Å². The minimum absolute atomic E-state index is 0.135. The monoisotopic (exact) mass is 115 g/mol. The van der Waals surface area contributed by atoms with E-state index in [1.165, 1.54) is 6.26 Å². The summed E-state index contributed by atoms with van der Waals surface area (Å²) >= 11 is 0. The molecule has 0 saturated carbocycles. The van der Waals surface area contributed by atoms with Gasteiger partial charge in [-0.2, -0.15) is 4.99 Å². The summed E-state index contributed by atoms with van der Waals surface area (Å²) in [5, 5.41) is 3.19. The number of hydrogen-bond donors (Lipinski definition) is 2. The molecule has 0 unspecified atom stereocenters. The molecule has 1 heterocycles. The summed E-state index contributed by atoms with van der Waals surface area (Å²) in [6.07, 6.45) is 1.17. The second-order valence-corrected chi connectivity index (χ2v) is 1.22. The van der Waals surface area contributed by atoms with Gasteiger partial charge in [-0.3, -0.25) is 4.89 Å². The summed E-state index contributed by atoms with van der Waals surface area (Å²) in [5.74, 6) is 0.135. The zero-order valence-electron chi connectivity index (χ0n) is 4.00. The van der Waals surface area contributed by atoms with Crippen LogP contribution in [0.5, 0.6) is 0 Å². The van der Waals surface area contributed by atoms with Crippen LogP contribution in [0.1, 0.15) is 0 Å². The number of oxime groups is 1. The van der Waals surface area contributed by atoms with E-state index in [0.717, 1.165) is 0 Å². The Morgan fingerprint density at radius 3 is 2.62 bits per heavy atom. The van der Waals surface area contributed by atoms with Gasteiger partial charge in [0.05, 0.1) is 0 Å². The van der Waals surface area contributed by atoms with Crippen LogP contribution in [-0.2, 0) is 9.88 Å². The number of rotatable bonds is 0. The predicted octanol–water partition coefficient (Wildman–Crippen LogP) is -0.980. The van der Waals surface area contributed by atoms with Crippen molar-refractivity contribution in [2.45, 2.75) is 0 Å². The van der Waals surface area contributed by atoms with E-state index in [1.54, 1.807) is 0 Å². The third kappa shape index (κ3) is 0.651. The Labute approximate surface area is 45.5 Å². The molecule has 0 spiro atoms. The first-order valence-electron chi connectivity index (χ1n) is 1.92. The van der Waals surface area contributed by atoms with Gasteiger partial charge in [0, 0.05) is 0 Å². The molecule has 0 radical (unpaired) electrons. The van der Waals surface area contributed by atoms with Crippen molar-refractivity contribution >= 4 is 5.84 Å². The smallest absolute Gasteiger partial charge is 0.194 e. The van der Waals surface area contributed by atoms with Crippen LogP contribution in [0.4, 0.5) is 0 Å². The Morgan fingerprint density at radius 1 is 1.50 bits per heavy atom. The minimum atomic E-state index is 0.135. The molecule has 5 nitrogen and oxygen atoms in total. The van der Waals surface area contributed by atoms with E-state index < -0.39 is 0 Å². The maximum absolute atomic E-state index is 5.18. The predicted molar refractivity (Wildman–Crippen MR) is 26.1 cm³/mol. The van der Waals surface area contributed by atoms with Crippen LogP contribution in [0, 0.1) is 0 Å². The normalized spacial score (nSPS) is 17.5. The molecular weight excluding hydrogens is 110 g/mol. The van der Waals surface area contributed by atoms with Crippen LogP contribution >= 0.6 is 0 Å². The lowest BCUT2D eigenvalue weighted by atomic mass is 10.5. The summed E-state index contributed by atoms with van der Waals surface area (Å²) in [5.41, 5.74) is 10.6. The fourth-order valence-electron chi connectivity index (χ4n) is 0.248. The van der Waals surface area contributed by atoms with Crippen LogP contribution in [-0.4, -0.2) is 5.84 Å². The highest BCUT2D eigenvalue weighted by molar-refractivity contribution is 5.95. The average Bonchev–Trinajstić information content (AvgIpc) is 1.77. The van der Waals surface area contributed by atoms with Gasteiger partial charge in [-0.05, 0) is 5.16 Å². The van der Waals surface area contributed by atoms with E-state index in [4.69, 9.17) is 11.5 Å². The molecule has 0 atom stereocenters. The minimum Gasteiger partial charge on any atom is -0.393 e. The standard InChI is InChI=1S/C3H5N3O2/c4-2-1-7-8-6-3(2)5/h1H,4H2,(H2,5,6). The van der Waals surface area contributed by atoms with Crippen molar-refractivity contribution in [3.63, 3.8) is 0 Å². The van der Waals surface area contributed by atoms with Crippen LogP contribution in [0.2, 0.25) is 0 Å². The Bertz CT molecular complexity index is 133. The molecule has 0 aromatic carbocycles. The topological polar surface area (TPSA) is 82.9 Å². The number of nitrogens with two attached hydrogens (primary N) is 2. The number of amidine groups is 1. The SMILES string of the molecule is NC1=COON=C1N. The molecule has 5 heteroatoms. The highest BCUT2D eigenvalue weighted by Gasteiger charge is 2.02. The van der Waals surface area contributed by atoms with E-state index >= 15 is 0 Å². The molecule has 0 saturated heterocycles. The quantitative estimate of drug-likeness (QED) is 0.397. The van der Waals surface area contributed by atoms with Gasteiger partial charge in [0.15, 0.2) is 12.1 Å². The van der Waals surface area contributed by atoms with Gasteiger partial charge in [0.1, 0.15) is 5.70 Å². The van der Waals surface area contributed by atoms with Crippen molar-refractivity contribution in [1.29, 1.82) is 0 Å². The van der Waals surface area contributed by atoms with Crippen LogP contribution in [0.15, 0.2) is 17.1 Å². The van der Waals surface area contributed by atoms with E-state index in [9.17, 15) is 0 Å². The Hall–Kier alpha value is -1.39. The fraction of sp³-hybridized carbons (Fsp3) is 0.